The Morgan fingerprint density at radius 2 is 2.15 bits per heavy atom. The lowest BCUT2D eigenvalue weighted by Crippen LogP contribution is -2.28. The number of aromatic nitrogens is 4. The minimum Gasteiger partial charge on any atom is -0.497 e. The van der Waals surface area contributed by atoms with E-state index in [0.717, 1.165) is 19.4 Å². The van der Waals surface area contributed by atoms with E-state index in [1.54, 1.807) is 30.5 Å². The summed E-state index contributed by atoms with van der Waals surface area (Å²) in [5, 5.41) is 10.2. The van der Waals surface area contributed by atoms with Gasteiger partial charge in [0, 0.05) is 36.5 Å². The van der Waals surface area contributed by atoms with E-state index in [2.05, 4.69) is 37.3 Å². The molecular weight excluding hydrogens is 347 g/mol. The van der Waals surface area contributed by atoms with Gasteiger partial charge in [-0.25, -0.2) is 9.37 Å². The van der Waals surface area contributed by atoms with Crippen LogP contribution in [0.25, 0.3) is 11.3 Å². The van der Waals surface area contributed by atoms with Crippen molar-refractivity contribution in [3.8, 4) is 17.0 Å². The lowest BCUT2D eigenvalue weighted by molar-refractivity contribution is 0.411. The molecule has 3 aromatic rings. The first kappa shape index (κ1) is 17.3. The Morgan fingerprint density at radius 1 is 1.26 bits per heavy atom. The van der Waals surface area contributed by atoms with E-state index in [0.29, 0.717) is 40.6 Å². The summed E-state index contributed by atoms with van der Waals surface area (Å²) >= 11 is 0. The molecule has 0 aliphatic carbocycles. The van der Waals surface area contributed by atoms with Crippen molar-refractivity contribution in [3.63, 3.8) is 0 Å². The van der Waals surface area contributed by atoms with Gasteiger partial charge in [-0.05, 0) is 38.0 Å². The molecule has 7 nitrogen and oxygen atoms in total. The monoisotopic (exact) mass is 368 g/mol. The quantitative estimate of drug-likeness (QED) is 0.714. The van der Waals surface area contributed by atoms with Crippen molar-refractivity contribution in [1.29, 1.82) is 0 Å². The summed E-state index contributed by atoms with van der Waals surface area (Å²) in [5.41, 5.74) is 0.991. The van der Waals surface area contributed by atoms with E-state index in [9.17, 15) is 4.39 Å². The third-order valence-electron chi connectivity index (χ3n) is 4.75. The van der Waals surface area contributed by atoms with Crippen molar-refractivity contribution in [2.45, 2.75) is 25.8 Å². The maximum atomic E-state index is 14.2. The number of rotatable bonds is 5. The molecule has 8 heteroatoms. The fourth-order valence-electron chi connectivity index (χ4n) is 3.28. The van der Waals surface area contributed by atoms with Gasteiger partial charge in [-0.3, -0.25) is 5.10 Å². The molecule has 27 heavy (non-hydrogen) atoms. The molecule has 4 rings (SSSR count). The van der Waals surface area contributed by atoms with Gasteiger partial charge in [0.2, 0.25) is 5.95 Å². The van der Waals surface area contributed by atoms with Crippen molar-refractivity contribution < 1.29 is 9.13 Å². The Balaban J connectivity index is 1.53. The van der Waals surface area contributed by atoms with Gasteiger partial charge >= 0.3 is 0 Å². The summed E-state index contributed by atoms with van der Waals surface area (Å²) in [5.74, 6) is 2.00. The summed E-state index contributed by atoms with van der Waals surface area (Å²) < 4.78 is 19.3. The van der Waals surface area contributed by atoms with Crippen LogP contribution in [-0.4, -0.2) is 39.9 Å². The molecule has 2 aromatic heterocycles. The number of hydrogen-bond acceptors (Lipinski definition) is 6. The second kappa shape index (κ2) is 7.22. The van der Waals surface area contributed by atoms with Gasteiger partial charge in [0.25, 0.3) is 0 Å². The fraction of sp³-hybridized carbons (Fsp3) is 0.316. The van der Waals surface area contributed by atoms with Gasteiger partial charge in [0.05, 0.1) is 12.8 Å². The summed E-state index contributed by atoms with van der Waals surface area (Å²) in [7, 11) is 1.51. The van der Waals surface area contributed by atoms with E-state index < -0.39 is 0 Å². The topological polar surface area (TPSA) is 79.0 Å². The zero-order chi connectivity index (χ0) is 18.8. The van der Waals surface area contributed by atoms with Crippen LogP contribution in [0, 0.1) is 5.82 Å². The van der Waals surface area contributed by atoms with Gasteiger partial charge in [0.1, 0.15) is 17.4 Å². The van der Waals surface area contributed by atoms with Gasteiger partial charge in [-0.15, -0.1) is 0 Å². The lowest BCUT2D eigenvalue weighted by Gasteiger charge is -2.21. The maximum absolute atomic E-state index is 14.2. The Bertz CT molecular complexity index is 943. The second-order valence-corrected chi connectivity index (χ2v) is 6.56. The third kappa shape index (κ3) is 3.55. The van der Waals surface area contributed by atoms with Crippen molar-refractivity contribution in [2.24, 2.45) is 0 Å². The lowest BCUT2D eigenvalue weighted by atomic mass is 10.1. The van der Waals surface area contributed by atoms with E-state index in [1.165, 1.54) is 13.2 Å². The number of hydrogen-bond donors (Lipinski definition) is 2. The molecule has 1 fully saturated rings. The Hall–Kier alpha value is -3.16. The highest BCUT2D eigenvalue weighted by Crippen LogP contribution is 2.27. The number of aromatic amines is 1. The van der Waals surface area contributed by atoms with Crippen LogP contribution in [0.3, 0.4) is 0 Å². The van der Waals surface area contributed by atoms with E-state index in [4.69, 9.17) is 4.74 Å². The number of methoxy groups -OCH3 is 1. The summed E-state index contributed by atoms with van der Waals surface area (Å²) in [4.78, 5) is 11.2. The number of halogens is 1. The molecule has 1 saturated heterocycles. The van der Waals surface area contributed by atoms with E-state index >= 15 is 0 Å². The average Bonchev–Trinajstić information content (AvgIpc) is 3.31. The highest BCUT2D eigenvalue weighted by atomic mass is 19.1. The average molecular weight is 368 g/mol. The first-order chi connectivity index (χ1) is 13.1. The number of anilines is 3. The number of H-pyrrole nitrogens is 1. The summed E-state index contributed by atoms with van der Waals surface area (Å²) in [6.45, 7) is 3.15. The van der Waals surface area contributed by atoms with Crippen LogP contribution in [0.1, 0.15) is 19.8 Å². The Labute approximate surface area is 156 Å². The number of ether oxygens (including phenoxy) is 1. The van der Waals surface area contributed by atoms with Crippen LogP contribution in [0.2, 0.25) is 0 Å². The van der Waals surface area contributed by atoms with Crippen LogP contribution in [0.4, 0.5) is 22.0 Å². The number of nitrogens with one attached hydrogen (secondary N) is 2. The van der Waals surface area contributed by atoms with Gasteiger partial charge in [0.15, 0.2) is 5.82 Å². The Kier molecular flexibility index (Phi) is 4.62. The number of nitrogens with zero attached hydrogens (tertiary/aromatic N) is 4. The van der Waals surface area contributed by atoms with Crippen LogP contribution in [-0.2, 0) is 0 Å². The molecule has 0 spiro atoms. The van der Waals surface area contributed by atoms with Crippen LogP contribution in [0.15, 0.2) is 36.5 Å². The minimum absolute atomic E-state index is 0.378. The number of benzene rings is 1. The second-order valence-electron chi connectivity index (χ2n) is 6.56. The molecule has 1 aliphatic heterocycles. The molecule has 1 unspecified atom stereocenters. The zero-order valence-corrected chi connectivity index (χ0v) is 15.2. The SMILES string of the molecule is COc1ccc(-c2cc(Nc3ccnc(N4CCCC4C)n3)n[nH]2)c(F)c1. The Morgan fingerprint density at radius 3 is 2.89 bits per heavy atom. The van der Waals surface area contributed by atoms with E-state index in [-0.39, 0.29) is 5.82 Å². The van der Waals surface area contributed by atoms with E-state index in [1.807, 2.05) is 0 Å². The predicted molar refractivity (Wildman–Crippen MR) is 102 cm³/mol. The summed E-state index contributed by atoms with van der Waals surface area (Å²) in [6.07, 6.45) is 4.03. The standard InChI is InChI=1S/C19H21FN6O/c1-12-4-3-9-26(12)19-21-8-7-17(23-19)22-18-11-16(24-25-18)14-6-5-13(27-2)10-15(14)20/h5-8,10-12H,3-4,9H2,1-2H3,(H2,21,22,23,24,25). The normalized spacial score (nSPS) is 16.6. The molecule has 0 bridgehead atoms. The fourth-order valence-corrected chi connectivity index (χ4v) is 3.28. The molecule has 1 aromatic carbocycles. The van der Waals surface area contributed by atoms with Crippen molar-refractivity contribution in [2.75, 3.05) is 23.9 Å². The third-order valence-corrected chi connectivity index (χ3v) is 4.75. The molecular formula is C19H21FN6O. The highest BCUT2D eigenvalue weighted by Gasteiger charge is 2.22. The minimum atomic E-state index is -0.378. The van der Waals surface area contributed by atoms with Crippen LogP contribution in [0.5, 0.6) is 5.75 Å². The molecule has 1 atom stereocenters. The predicted octanol–water partition coefficient (Wildman–Crippen LogP) is 3.75. The molecule has 140 valence electrons. The molecule has 0 amide bonds. The molecule has 0 radical (unpaired) electrons. The molecule has 0 saturated carbocycles. The first-order valence-electron chi connectivity index (χ1n) is 8.90. The first-order valence-corrected chi connectivity index (χ1v) is 8.90. The molecule has 1 aliphatic rings. The zero-order valence-electron chi connectivity index (χ0n) is 15.2. The van der Waals surface area contributed by atoms with Gasteiger partial charge < -0.3 is 15.0 Å². The van der Waals surface area contributed by atoms with Gasteiger partial charge in [-0.1, -0.05) is 0 Å². The largest absolute Gasteiger partial charge is 0.497 e. The highest BCUT2D eigenvalue weighted by molar-refractivity contribution is 5.66. The smallest absolute Gasteiger partial charge is 0.227 e. The van der Waals surface area contributed by atoms with Crippen molar-refractivity contribution in [1.82, 2.24) is 20.2 Å². The molecule has 3 heterocycles. The molecule has 2 N–H and O–H groups in total. The van der Waals surface area contributed by atoms with Crippen LogP contribution < -0.4 is 15.0 Å². The van der Waals surface area contributed by atoms with Crippen LogP contribution >= 0.6 is 0 Å². The maximum Gasteiger partial charge on any atom is 0.227 e. The van der Waals surface area contributed by atoms with Crippen molar-refractivity contribution in [3.05, 3.63) is 42.3 Å². The van der Waals surface area contributed by atoms with Crippen molar-refractivity contribution >= 4 is 17.6 Å². The summed E-state index contributed by atoms with van der Waals surface area (Å²) in [6, 6.07) is 8.67. The van der Waals surface area contributed by atoms with Gasteiger partial charge in [-0.2, -0.15) is 10.1 Å².